The number of hydrogen-bond acceptors (Lipinski definition) is 2. The third-order valence-electron chi connectivity index (χ3n) is 2.88. The number of Topliss-reactive ketones (excluding diaryl/α,β-unsaturated/α-hetero) is 1. The summed E-state index contributed by atoms with van der Waals surface area (Å²) >= 11 is 0. The van der Waals surface area contributed by atoms with E-state index in [9.17, 15) is 4.79 Å². The highest BCUT2D eigenvalue weighted by molar-refractivity contribution is 5.99. The lowest BCUT2D eigenvalue weighted by Gasteiger charge is -2.18. The van der Waals surface area contributed by atoms with Crippen LogP contribution in [0.25, 0.3) is 0 Å². The Balaban J connectivity index is 3.12. The van der Waals surface area contributed by atoms with E-state index in [1.807, 2.05) is 18.2 Å². The van der Waals surface area contributed by atoms with E-state index in [4.69, 9.17) is 4.74 Å². The molecule has 0 heterocycles. The molecule has 0 radical (unpaired) electrons. The highest BCUT2D eigenvalue weighted by atomic mass is 16.5. The molecular weight excluding hydrogens is 224 g/mol. The quantitative estimate of drug-likeness (QED) is 0.736. The van der Waals surface area contributed by atoms with E-state index < -0.39 is 0 Å². The third kappa shape index (κ3) is 3.86. The van der Waals surface area contributed by atoms with Gasteiger partial charge >= 0.3 is 0 Å². The summed E-state index contributed by atoms with van der Waals surface area (Å²) < 4.78 is 5.29. The third-order valence-corrected chi connectivity index (χ3v) is 2.88. The molecule has 0 N–H and O–H groups in total. The summed E-state index contributed by atoms with van der Waals surface area (Å²) in [4.78, 5) is 12.3. The molecule has 1 aromatic rings. The molecule has 0 aromatic heterocycles. The van der Waals surface area contributed by atoms with Crippen molar-refractivity contribution in [2.75, 3.05) is 7.11 Å². The minimum atomic E-state index is -0.00404. The fourth-order valence-electron chi connectivity index (χ4n) is 1.88. The molecule has 0 spiro atoms. The largest absolute Gasteiger partial charge is 0.496 e. The first kappa shape index (κ1) is 14.7. The predicted molar refractivity (Wildman–Crippen MR) is 75.5 cm³/mol. The lowest BCUT2D eigenvalue weighted by atomic mass is 9.87. The second-order valence-corrected chi connectivity index (χ2v) is 6.28. The Hall–Kier alpha value is -1.31. The summed E-state index contributed by atoms with van der Waals surface area (Å²) in [6.07, 6.45) is 0.533. The summed E-state index contributed by atoms with van der Waals surface area (Å²) in [5.74, 6) is 1.24. The number of benzene rings is 1. The number of ether oxygens (including phenoxy) is 1. The second-order valence-electron chi connectivity index (χ2n) is 6.28. The average molecular weight is 248 g/mol. The Morgan fingerprint density at radius 1 is 1.28 bits per heavy atom. The summed E-state index contributed by atoms with van der Waals surface area (Å²) in [5.41, 5.74) is 1.88. The molecule has 0 atom stereocenters. The van der Waals surface area contributed by atoms with Gasteiger partial charge in [-0.05, 0) is 29.0 Å². The normalized spacial score (nSPS) is 11.7. The Labute approximate surface area is 110 Å². The van der Waals surface area contributed by atoms with E-state index in [1.165, 1.54) is 5.56 Å². The predicted octanol–water partition coefficient (Wildman–Crippen LogP) is 4.44. The topological polar surface area (TPSA) is 26.3 Å². The van der Waals surface area contributed by atoms with Crippen LogP contribution in [0.5, 0.6) is 5.75 Å². The highest BCUT2D eigenvalue weighted by Gasteiger charge is 2.20. The van der Waals surface area contributed by atoms with Gasteiger partial charge in [-0.2, -0.15) is 0 Å². The van der Waals surface area contributed by atoms with Crippen molar-refractivity contribution in [3.8, 4) is 5.75 Å². The van der Waals surface area contributed by atoms with Crippen LogP contribution in [0, 0.1) is 5.41 Å². The van der Waals surface area contributed by atoms with Crippen molar-refractivity contribution >= 4 is 5.78 Å². The zero-order valence-corrected chi connectivity index (χ0v) is 12.3. The molecule has 2 nitrogen and oxygen atoms in total. The number of hydrogen-bond donors (Lipinski definition) is 0. The Bertz CT molecular complexity index is 425. The van der Waals surface area contributed by atoms with Crippen LogP contribution in [-0.2, 0) is 0 Å². The first-order valence-electron chi connectivity index (χ1n) is 6.46. The molecule has 0 aliphatic rings. The van der Waals surface area contributed by atoms with E-state index in [1.54, 1.807) is 7.11 Å². The summed E-state index contributed by atoms with van der Waals surface area (Å²) in [5, 5.41) is 0. The van der Waals surface area contributed by atoms with Crippen molar-refractivity contribution in [3.05, 3.63) is 29.3 Å². The lowest BCUT2D eigenvalue weighted by molar-refractivity contribution is 0.0937. The maximum atomic E-state index is 12.3. The van der Waals surface area contributed by atoms with Gasteiger partial charge in [0, 0.05) is 6.42 Å². The molecule has 0 saturated carbocycles. The molecule has 2 heteroatoms. The van der Waals surface area contributed by atoms with Gasteiger partial charge in [-0.3, -0.25) is 4.79 Å². The zero-order chi connectivity index (χ0) is 13.9. The lowest BCUT2D eigenvalue weighted by Crippen LogP contribution is -2.14. The van der Waals surface area contributed by atoms with Crippen LogP contribution >= 0.6 is 0 Å². The van der Waals surface area contributed by atoms with E-state index >= 15 is 0 Å². The SMILES string of the molecule is COc1ccc(C(C)C)cc1C(=O)CC(C)(C)C. The fraction of sp³-hybridized carbons (Fsp3) is 0.562. The van der Waals surface area contributed by atoms with Gasteiger partial charge in [-0.1, -0.05) is 40.7 Å². The number of carbonyl (C=O) groups is 1. The van der Waals surface area contributed by atoms with Crippen LogP contribution in [0.2, 0.25) is 0 Å². The van der Waals surface area contributed by atoms with Crippen LogP contribution < -0.4 is 4.74 Å². The number of rotatable bonds is 4. The maximum absolute atomic E-state index is 12.3. The molecule has 0 saturated heterocycles. The number of carbonyl (C=O) groups excluding carboxylic acids is 1. The van der Waals surface area contributed by atoms with Gasteiger partial charge in [-0.25, -0.2) is 0 Å². The van der Waals surface area contributed by atoms with E-state index in [0.717, 1.165) is 0 Å². The summed E-state index contributed by atoms with van der Waals surface area (Å²) in [6, 6.07) is 5.89. The Morgan fingerprint density at radius 3 is 2.33 bits per heavy atom. The standard InChI is InChI=1S/C16H24O2/c1-11(2)12-7-8-15(18-6)13(9-12)14(17)10-16(3,4)5/h7-9,11H,10H2,1-6H3. The molecule has 0 amide bonds. The van der Waals surface area contributed by atoms with Crippen LogP contribution in [0.4, 0.5) is 0 Å². The van der Waals surface area contributed by atoms with Gasteiger partial charge in [0.25, 0.3) is 0 Å². The van der Waals surface area contributed by atoms with E-state index in [0.29, 0.717) is 23.7 Å². The first-order chi connectivity index (χ1) is 8.24. The van der Waals surface area contributed by atoms with Gasteiger partial charge in [0.05, 0.1) is 12.7 Å². The minimum Gasteiger partial charge on any atom is -0.496 e. The fourth-order valence-corrected chi connectivity index (χ4v) is 1.88. The number of methoxy groups -OCH3 is 1. The van der Waals surface area contributed by atoms with Crippen molar-refractivity contribution < 1.29 is 9.53 Å². The van der Waals surface area contributed by atoms with Crippen LogP contribution in [0.1, 0.15) is 62.9 Å². The van der Waals surface area contributed by atoms with Gasteiger partial charge in [0.2, 0.25) is 0 Å². The van der Waals surface area contributed by atoms with Gasteiger partial charge in [0.15, 0.2) is 5.78 Å². The monoisotopic (exact) mass is 248 g/mol. The number of ketones is 1. The van der Waals surface area contributed by atoms with Gasteiger partial charge in [-0.15, -0.1) is 0 Å². The Kier molecular flexibility index (Phi) is 4.55. The van der Waals surface area contributed by atoms with Crippen LogP contribution in [-0.4, -0.2) is 12.9 Å². The van der Waals surface area contributed by atoms with Gasteiger partial charge < -0.3 is 4.74 Å². The zero-order valence-electron chi connectivity index (χ0n) is 12.3. The summed E-state index contributed by atoms with van der Waals surface area (Å²) in [6.45, 7) is 10.5. The molecule has 0 aliphatic carbocycles. The molecule has 0 unspecified atom stereocenters. The molecule has 1 rings (SSSR count). The van der Waals surface area contributed by atoms with Crippen molar-refractivity contribution in [2.45, 2.75) is 47.0 Å². The van der Waals surface area contributed by atoms with Crippen LogP contribution in [0.3, 0.4) is 0 Å². The minimum absolute atomic E-state index is 0.00404. The molecule has 1 aromatic carbocycles. The highest BCUT2D eigenvalue weighted by Crippen LogP contribution is 2.28. The molecule has 0 fully saturated rings. The molecule has 100 valence electrons. The smallest absolute Gasteiger partial charge is 0.167 e. The molecule has 0 bridgehead atoms. The van der Waals surface area contributed by atoms with E-state index in [-0.39, 0.29) is 11.2 Å². The van der Waals surface area contributed by atoms with Gasteiger partial charge in [0.1, 0.15) is 5.75 Å². The average Bonchev–Trinajstić information content (AvgIpc) is 2.25. The van der Waals surface area contributed by atoms with Crippen molar-refractivity contribution in [3.63, 3.8) is 0 Å². The molecular formula is C16H24O2. The first-order valence-corrected chi connectivity index (χ1v) is 6.46. The van der Waals surface area contributed by atoms with Crippen LogP contribution in [0.15, 0.2) is 18.2 Å². The van der Waals surface area contributed by atoms with E-state index in [2.05, 4.69) is 34.6 Å². The van der Waals surface area contributed by atoms with Crippen molar-refractivity contribution in [2.24, 2.45) is 5.41 Å². The molecule has 18 heavy (non-hydrogen) atoms. The van der Waals surface area contributed by atoms with Crippen molar-refractivity contribution in [1.82, 2.24) is 0 Å². The second kappa shape index (κ2) is 5.55. The molecule has 0 aliphatic heterocycles. The maximum Gasteiger partial charge on any atom is 0.167 e. The van der Waals surface area contributed by atoms with Crippen molar-refractivity contribution in [1.29, 1.82) is 0 Å². The summed E-state index contributed by atoms with van der Waals surface area (Å²) in [7, 11) is 1.61. The Morgan fingerprint density at radius 2 is 1.89 bits per heavy atom.